The highest BCUT2D eigenvalue weighted by Crippen LogP contribution is 2.30. The largest absolute Gasteiger partial charge is 0.497 e. The zero-order valence-corrected chi connectivity index (χ0v) is 21.3. The van der Waals surface area contributed by atoms with E-state index in [1.165, 1.54) is 5.56 Å². The second kappa shape index (κ2) is 9.83. The fourth-order valence-corrected chi connectivity index (χ4v) is 4.89. The predicted molar refractivity (Wildman–Crippen MR) is 139 cm³/mol. The molecule has 3 heterocycles. The molecule has 1 aliphatic rings. The van der Waals surface area contributed by atoms with E-state index in [9.17, 15) is 4.79 Å². The molecule has 1 aliphatic heterocycles. The monoisotopic (exact) mass is 487 g/mol. The van der Waals surface area contributed by atoms with Crippen LogP contribution in [0.4, 0.5) is 0 Å². The molecule has 36 heavy (non-hydrogen) atoms. The van der Waals surface area contributed by atoms with Crippen molar-refractivity contribution in [3.8, 4) is 5.75 Å². The lowest BCUT2D eigenvalue weighted by molar-refractivity contribution is 0.0975. The number of rotatable bonds is 6. The minimum absolute atomic E-state index is 0.143. The summed E-state index contributed by atoms with van der Waals surface area (Å²) in [5, 5.41) is 13.7. The molecule has 1 N–H and O–H groups in total. The lowest BCUT2D eigenvalue weighted by Crippen LogP contribution is -2.49. The van der Waals surface area contributed by atoms with E-state index in [2.05, 4.69) is 75.3 Å². The number of hydrogen-bond donors (Lipinski definition) is 1. The highest BCUT2D eigenvalue weighted by atomic mass is 16.5. The van der Waals surface area contributed by atoms with E-state index in [0.29, 0.717) is 17.1 Å². The Morgan fingerprint density at radius 3 is 2.47 bits per heavy atom. The Morgan fingerprint density at radius 1 is 1.03 bits per heavy atom. The molecular weight excluding hydrogens is 454 g/mol. The molecule has 1 unspecified atom stereocenters. The SMILES string of the molecule is COc1ccc2cc(C(c3nnnn3C(C)(C)C)N3CCN(Cc4ccccc4)CC3)c(=O)[nH]c2c1. The maximum absolute atomic E-state index is 13.5. The number of piperazine rings is 1. The van der Waals surface area contributed by atoms with Crippen LogP contribution in [0, 0.1) is 0 Å². The molecule has 9 heteroatoms. The zero-order chi connectivity index (χ0) is 25.3. The van der Waals surface area contributed by atoms with Crippen LogP contribution in [0.3, 0.4) is 0 Å². The van der Waals surface area contributed by atoms with Gasteiger partial charge in [0.15, 0.2) is 5.82 Å². The van der Waals surface area contributed by atoms with Crippen LogP contribution in [-0.2, 0) is 12.1 Å². The number of H-pyrrole nitrogens is 1. The number of methoxy groups -OCH3 is 1. The van der Waals surface area contributed by atoms with Crippen LogP contribution in [0.2, 0.25) is 0 Å². The van der Waals surface area contributed by atoms with Gasteiger partial charge < -0.3 is 9.72 Å². The Balaban J connectivity index is 1.51. The average Bonchev–Trinajstić information content (AvgIpc) is 3.36. The number of aromatic nitrogens is 5. The number of aromatic amines is 1. The number of pyridine rings is 1. The standard InChI is InChI=1S/C27H33N7O2/c1-27(2,3)34-25(29-30-31-34)24(22-16-20-10-11-21(36-4)17-23(20)28-26(22)35)33-14-12-32(13-15-33)18-19-8-6-5-7-9-19/h5-11,16-17,24H,12-15,18H2,1-4H3,(H,28,35). The first-order valence-corrected chi connectivity index (χ1v) is 12.3. The summed E-state index contributed by atoms with van der Waals surface area (Å²) in [7, 11) is 1.62. The fraction of sp³-hybridized carbons (Fsp3) is 0.407. The highest BCUT2D eigenvalue weighted by Gasteiger charge is 2.34. The molecule has 1 saturated heterocycles. The van der Waals surface area contributed by atoms with Gasteiger partial charge in [0, 0.05) is 44.4 Å². The molecule has 2 aromatic heterocycles. The van der Waals surface area contributed by atoms with E-state index in [-0.39, 0.29) is 17.1 Å². The Kier molecular flexibility index (Phi) is 6.59. The van der Waals surface area contributed by atoms with Crippen LogP contribution in [-0.4, -0.2) is 68.3 Å². The molecular formula is C27H33N7O2. The molecule has 2 aromatic carbocycles. The van der Waals surface area contributed by atoms with Gasteiger partial charge in [-0.1, -0.05) is 30.3 Å². The lowest BCUT2D eigenvalue weighted by atomic mass is 10.0. The van der Waals surface area contributed by atoms with Gasteiger partial charge >= 0.3 is 0 Å². The molecule has 0 saturated carbocycles. The third kappa shape index (κ3) is 4.89. The van der Waals surface area contributed by atoms with Gasteiger partial charge in [-0.2, -0.15) is 0 Å². The quantitative estimate of drug-likeness (QED) is 0.447. The number of nitrogens with one attached hydrogen (secondary N) is 1. The Morgan fingerprint density at radius 2 is 1.78 bits per heavy atom. The fourth-order valence-electron chi connectivity index (χ4n) is 4.89. The first-order chi connectivity index (χ1) is 17.3. The molecule has 188 valence electrons. The van der Waals surface area contributed by atoms with Crippen molar-refractivity contribution in [3.05, 3.63) is 81.9 Å². The maximum Gasteiger partial charge on any atom is 0.253 e. The van der Waals surface area contributed by atoms with E-state index < -0.39 is 0 Å². The Hall–Kier alpha value is -3.56. The van der Waals surface area contributed by atoms with Gasteiger partial charge in [0.1, 0.15) is 11.8 Å². The molecule has 4 aromatic rings. The summed E-state index contributed by atoms with van der Waals surface area (Å²) in [5.74, 6) is 1.38. The topological polar surface area (TPSA) is 92.2 Å². The molecule has 0 spiro atoms. The molecule has 1 atom stereocenters. The predicted octanol–water partition coefficient (Wildman–Crippen LogP) is 3.19. The number of ether oxygens (including phenoxy) is 1. The van der Waals surface area contributed by atoms with Gasteiger partial charge in [0.05, 0.1) is 18.2 Å². The van der Waals surface area contributed by atoms with Gasteiger partial charge in [-0.25, -0.2) is 4.68 Å². The van der Waals surface area contributed by atoms with E-state index in [1.54, 1.807) is 7.11 Å². The zero-order valence-electron chi connectivity index (χ0n) is 21.3. The molecule has 1 fully saturated rings. The van der Waals surface area contributed by atoms with Crippen molar-refractivity contribution in [2.24, 2.45) is 0 Å². The summed E-state index contributed by atoms with van der Waals surface area (Å²) < 4.78 is 7.17. The summed E-state index contributed by atoms with van der Waals surface area (Å²) in [6.07, 6.45) is 0. The van der Waals surface area contributed by atoms with Crippen LogP contribution in [0.15, 0.2) is 59.4 Å². The third-order valence-electron chi connectivity index (χ3n) is 6.77. The van der Waals surface area contributed by atoms with E-state index >= 15 is 0 Å². The van der Waals surface area contributed by atoms with Gasteiger partial charge in [0.25, 0.3) is 5.56 Å². The molecule has 0 amide bonds. The number of nitrogens with zero attached hydrogens (tertiary/aromatic N) is 6. The van der Waals surface area contributed by atoms with Crippen LogP contribution in [0.5, 0.6) is 5.75 Å². The Labute approximate surface area is 210 Å². The van der Waals surface area contributed by atoms with Crippen LogP contribution < -0.4 is 10.3 Å². The van der Waals surface area contributed by atoms with Crippen molar-refractivity contribution < 1.29 is 4.74 Å². The molecule has 0 radical (unpaired) electrons. The molecule has 5 rings (SSSR count). The van der Waals surface area contributed by atoms with Crippen LogP contribution in [0.1, 0.15) is 43.8 Å². The van der Waals surface area contributed by atoms with Gasteiger partial charge in [-0.3, -0.25) is 14.6 Å². The summed E-state index contributed by atoms with van der Waals surface area (Å²) in [6, 6.07) is 17.8. The normalized spacial score (nSPS) is 16.3. The summed E-state index contributed by atoms with van der Waals surface area (Å²) >= 11 is 0. The average molecular weight is 488 g/mol. The number of tetrazole rings is 1. The third-order valence-corrected chi connectivity index (χ3v) is 6.77. The number of fused-ring (bicyclic) bond motifs is 1. The molecule has 0 aliphatic carbocycles. The second-order valence-electron chi connectivity index (χ2n) is 10.3. The van der Waals surface area contributed by atoms with Crippen molar-refractivity contribution >= 4 is 10.9 Å². The minimum atomic E-state index is -0.367. The summed E-state index contributed by atoms with van der Waals surface area (Å²) in [6.45, 7) is 10.5. The van der Waals surface area contributed by atoms with Gasteiger partial charge in [0.2, 0.25) is 0 Å². The first kappa shape index (κ1) is 24.1. The molecule has 9 nitrogen and oxygen atoms in total. The first-order valence-electron chi connectivity index (χ1n) is 12.3. The van der Waals surface area contributed by atoms with Crippen LogP contribution >= 0.6 is 0 Å². The maximum atomic E-state index is 13.5. The van der Waals surface area contributed by atoms with E-state index in [0.717, 1.165) is 43.6 Å². The number of hydrogen-bond acceptors (Lipinski definition) is 7. The van der Waals surface area contributed by atoms with Crippen molar-refractivity contribution in [2.75, 3.05) is 33.3 Å². The van der Waals surface area contributed by atoms with Crippen molar-refractivity contribution in [1.29, 1.82) is 0 Å². The van der Waals surface area contributed by atoms with E-state index in [1.807, 2.05) is 35.0 Å². The van der Waals surface area contributed by atoms with Crippen molar-refractivity contribution in [3.63, 3.8) is 0 Å². The van der Waals surface area contributed by atoms with E-state index in [4.69, 9.17) is 4.74 Å². The smallest absolute Gasteiger partial charge is 0.253 e. The highest BCUT2D eigenvalue weighted by molar-refractivity contribution is 5.80. The number of benzene rings is 2. The van der Waals surface area contributed by atoms with Crippen molar-refractivity contribution in [2.45, 2.75) is 38.9 Å². The summed E-state index contributed by atoms with van der Waals surface area (Å²) in [5.41, 5.74) is 2.22. The van der Waals surface area contributed by atoms with Gasteiger partial charge in [-0.15, -0.1) is 5.10 Å². The van der Waals surface area contributed by atoms with Crippen molar-refractivity contribution in [1.82, 2.24) is 35.0 Å². The Bertz CT molecular complexity index is 1380. The lowest BCUT2D eigenvalue weighted by Gasteiger charge is -2.39. The van der Waals surface area contributed by atoms with Crippen LogP contribution in [0.25, 0.3) is 10.9 Å². The summed E-state index contributed by atoms with van der Waals surface area (Å²) in [4.78, 5) is 21.3. The molecule has 0 bridgehead atoms. The van der Waals surface area contributed by atoms with Gasteiger partial charge in [-0.05, 0) is 60.3 Å². The minimum Gasteiger partial charge on any atom is -0.497 e. The second-order valence-corrected chi connectivity index (χ2v) is 10.3.